The Labute approximate surface area is 90.6 Å². The molecule has 0 radical (unpaired) electrons. The maximum atomic E-state index is 13.0. The Bertz CT molecular complexity index is 632. The molecular formula is C12H8FNO2. The molecule has 2 N–H and O–H groups in total. The van der Waals surface area contributed by atoms with E-state index in [1.807, 2.05) is 6.07 Å². The van der Waals surface area contributed by atoms with Crippen molar-refractivity contribution >= 4 is 16.9 Å². The van der Waals surface area contributed by atoms with Gasteiger partial charge in [0.15, 0.2) is 17.1 Å². The maximum absolute atomic E-state index is 13.0. The summed E-state index contributed by atoms with van der Waals surface area (Å²) in [6.07, 6.45) is 0. The number of hydrogen-bond acceptors (Lipinski definition) is 3. The molecule has 3 rings (SSSR count). The van der Waals surface area contributed by atoms with Crippen LogP contribution in [0.25, 0.3) is 11.2 Å². The van der Waals surface area contributed by atoms with E-state index in [-0.39, 0.29) is 5.82 Å². The number of ether oxygens (including phenoxy) is 1. The fourth-order valence-corrected chi connectivity index (χ4v) is 1.56. The first-order chi connectivity index (χ1) is 7.72. The molecule has 4 heteroatoms. The van der Waals surface area contributed by atoms with E-state index in [9.17, 15) is 4.39 Å². The number of nitrogen functional groups attached to an aromatic ring is 1. The molecule has 3 aromatic rings. The van der Waals surface area contributed by atoms with Crippen LogP contribution in [0.2, 0.25) is 0 Å². The lowest BCUT2D eigenvalue weighted by molar-refractivity contribution is 0.480. The molecule has 2 bridgehead atoms. The quantitative estimate of drug-likeness (QED) is 0.669. The van der Waals surface area contributed by atoms with E-state index in [2.05, 4.69) is 0 Å². The van der Waals surface area contributed by atoms with Crippen LogP contribution in [0.1, 0.15) is 0 Å². The van der Waals surface area contributed by atoms with Gasteiger partial charge in [-0.3, -0.25) is 0 Å². The van der Waals surface area contributed by atoms with Gasteiger partial charge in [0, 0.05) is 12.1 Å². The number of benzene rings is 2. The van der Waals surface area contributed by atoms with Gasteiger partial charge in [0.05, 0.1) is 5.69 Å². The summed E-state index contributed by atoms with van der Waals surface area (Å²) >= 11 is 0. The standard InChI is InChI=1S/C12H8FNO2/c13-7-1-3-9(14)11(5-7)16-12-6-8-2-4-10(12)15-8/h1-6H,14H2. The molecule has 1 aromatic carbocycles. The highest BCUT2D eigenvalue weighted by Gasteiger charge is 2.11. The number of halogens is 1. The molecule has 0 aliphatic rings. The monoisotopic (exact) mass is 217 g/mol. The number of furan rings is 2. The molecule has 0 unspecified atom stereocenters. The van der Waals surface area contributed by atoms with E-state index in [1.165, 1.54) is 18.2 Å². The van der Waals surface area contributed by atoms with E-state index < -0.39 is 0 Å². The highest BCUT2D eigenvalue weighted by Crippen LogP contribution is 2.35. The first-order valence-corrected chi connectivity index (χ1v) is 4.77. The van der Waals surface area contributed by atoms with Crippen LogP contribution in [-0.4, -0.2) is 0 Å². The molecule has 2 heterocycles. The van der Waals surface area contributed by atoms with E-state index >= 15 is 0 Å². The number of rotatable bonds is 2. The predicted molar refractivity (Wildman–Crippen MR) is 58.3 cm³/mol. The Morgan fingerprint density at radius 2 is 1.94 bits per heavy atom. The first-order valence-electron chi connectivity index (χ1n) is 4.77. The van der Waals surface area contributed by atoms with Gasteiger partial charge in [-0.25, -0.2) is 4.39 Å². The summed E-state index contributed by atoms with van der Waals surface area (Å²) < 4.78 is 23.8. The second-order valence-corrected chi connectivity index (χ2v) is 3.49. The molecule has 0 saturated heterocycles. The van der Waals surface area contributed by atoms with Gasteiger partial charge in [-0.1, -0.05) is 0 Å². The third kappa shape index (κ3) is 1.35. The molecule has 2 aromatic heterocycles. The first kappa shape index (κ1) is 9.03. The Morgan fingerprint density at radius 1 is 1.06 bits per heavy atom. The molecule has 0 fully saturated rings. The van der Waals surface area contributed by atoms with Gasteiger partial charge in [0.1, 0.15) is 11.4 Å². The van der Waals surface area contributed by atoms with Gasteiger partial charge in [-0.05, 0) is 24.3 Å². The molecule has 80 valence electrons. The van der Waals surface area contributed by atoms with Gasteiger partial charge >= 0.3 is 0 Å². The summed E-state index contributed by atoms with van der Waals surface area (Å²) in [7, 11) is 0. The molecular weight excluding hydrogens is 209 g/mol. The van der Waals surface area contributed by atoms with Crippen LogP contribution < -0.4 is 10.5 Å². The topological polar surface area (TPSA) is 48.4 Å². The zero-order chi connectivity index (χ0) is 11.1. The summed E-state index contributed by atoms with van der Waals surface area (Å²) in [6.45, 7) is 0. The van der Waals surface area contributed by atoms with Crippen LogP contribution in [0.3, 0.4) is 0 Å². The van der Waals surface area contributed by atoms with Crippen molar-refractivity contribution < 1.29 is 13.5 Å². The third-order valence-corrected chi connectivity index (χ3v) is 2.34. The zero-order valence-electron chi connectivity index (χ0n) is 8.24. The van der Waals surface area contributed by atoms with Gasteiger partial charge < -0.3 is 14.9 Å². The lowest BCUT2D eigenvalue weighted by atomic mass is 10.3. The fourth-order valence-electron chi connectivity index (χ4n) is 1.56. The van der Waals surface area contributed by atoms with E-state index in [4.69, 9.17) is 14.9 Å². The number of nitrogens with two attached hydrogens (primary N) is 1. The molecule has 0 atom stereocenters. The van der Waals surface area contributed by atoms with E-state index in [0.717, 1.165) is 5.58 Å². The van der Waals surface area contributed by atoms with Crippen molar-refractivity contribution in [1.29, 1.82) is 0 Å². The Kier molecular flexibility index (Phi) is 1.77. The molecule has 0 spiro atoms. The minimum absolute atomic E-state index is 0.295. The highest BCUT2D eigenvalue weighted by atomic mass is 19.1. The molecule has 3 nitrogen and oxygen atoms in total. The minimum Gasteiger partial charge on any atom is -0.453 e. The zero-order valence-corrected chi connectivity index (χ0v) is 8.24. The second kappa shape index (κ2) is 3.13. The fraction of sp³-hybridized carbons (Fsp3) is 0. The lowest BCUT2D eigenvalue weighted by Crippen LogP contribution is -1.92. The largest absolute Gasteiger partial charge is 0.453 e. The van der Waals surface area contributed by atoms with Crippen molar-refractivity contribution in [2.24, 2.45) is 0 Å². The predicted octanol–water partition coefficient (Wildman–Crippen LogP) is 3.38. The molecule has 0 saturated carbocycles. The van der Waals surface area contributed by atoms with Crippen molar-refractivity contribution in [3.05, 3.63) is 42.2 Å². The highest BCUT2D eigenvalue weighted by molar-refractivity contribution is 5.71. The van der Waals surface area contributed by atoms with E-state index in [1.54, 1.807) is 12.1 Å². The van der Waals surface area contributed by atoms with Crippen molar-refractivity contribution in [1.82, 2.24) is 0 Å². The summed E-state index contributed by atoms with van der Waals surface area (Å²) in [5.74, 6) is 0.459. The summed E-state index contributed by atoms with van der Waals surface area (Å²) in [4.78, 5) is 0. The molecule has 0 aliphatic carbocycles. The van der Waals surface area contributed by atoms with Gasteiger partial charge in [-0.15, -0.1) is 0 Å². The van der Waals surface area contributed by atoms with Gasteiger partial charge in [0.2, 0.25) is 0 Å². The van der Waals surface area contributed by atoms with Crippen LogP contribution >= 0.6 is 0 Å². The van der Waals surface area contributed by atoms with Crippen molar-refractivity contribution in [3.8, 4) is 11.5 Å². The van der Waals surface area contributed by atoms with Crippen LogP contribution in [0.5, 0.6) is 11.5 Å². The van der Waals surface area contributed by atoms with Crippen molar-refractivity contribution in [2.45, 2.75) is 0 Å². The molecule has 16 heavy (non-hydrogen) atoms. The van der Waals surface area contributed by atoms with Gasteiger partial charge in [0.25, 0.3) is 0 Å². The molecule has 0 aliphatic heterocycles. The lowest BCUT2D eigenvalue weighted by Gasteiger charge is -2.06. The Morgan fingerprint density at radius 3 is 2.62 bits per heavy atom. The average Bonchev–Trinajstić information content (AvgIpc) is 2.85. The number of anilines is 1. The minimum atomic E-state index is -0.387. The number of fused-ring (bicyclic) bond motifs is 2. The summed E-state index contributed by atoms with van der Waals surface area (Å²) in [5, 5.41) is 0. The summed E-state index contributed by atoms with van der Waals surface area (Å²) in [6, 6.07) is 9.36. The summed E-state index contributed by atoms with van der Waals surface area (Å²) in [5.41, 5.74) is 7.41. The smallest absolute Gasteiger partial charge is 0.173 e. The number of hydrogen-bond donors (Lipinski definition) is 1. The average molecular weight is 217 g/mol. The Hall–Kier alpha value is -2.23. The maximum Gasteiger partial charge on any atom is 0.173 e. The van der Waals surface area contributed by atoms with Crippen molar-refractivity contribution in [3.63, 3.8) is 0 Å². The SMILES string of the molecule is Nc1ccc(F)cc1Oc1cc2ccc1o2. The second-order valence-electron chi connectivity index (χ2n) is 3.49. The van der Waals surface area contributed by atoms with Gasteiger partial charge in [-0.2, -0.15) is 0 Å². The van der Waals surface area contributed by atoms with Crippen LogP contribution in [-0.2, 0) is 0 Å². The van der Waals surface area contributed by atoms with Crippen LogP contribution in [0.4, 0.5) is 10.1 Å². The van der Waals surface area contributed by atoms with Crippen LogP contribution in [0.15, 0.2) is 40.8 Å². The Balaban J connectivity index is 1.99. The normalized spacial score (nSPS) is 11.1. The van der Waals surface area contributed by atoms with E-state index in [0.29, 0.717) is 22.8 Å². The third-order valence-electron chi connectivity index (χ3n) is 2.34. The van der Waals surface area contributed by atoms with Crippen LogP contribution in [0, 0.1) is 5.82 Å². The molecule has 0 amide bonds. The van der Waals surface area contributed by atoms with Crippen molar-refractivity contribution in [2.75, 3.05) is 5.73 Å².